The molecule has 0 unspecified atom stereocenters. The molecule has 0 spiro atoms. The van der Waals surface area contributed by atoms with Gasteiger partial charge in [0.25, 0.3) is 0 Å². The highest BCUT2D eigenvalue weighted by Gasteiger charge is 2.17. The lowest BCUT2D eigenvalue weighted by Crippen LogP contribution is -2.14. The molecule has 0 aliphatic carbocycles. The van der Waals surface area contributed by atoms with Gasteiger partial charge in [0, 0.05) is 17.8 Å². The summed E-state index contributed by atoms with van der Waals surface area (Å²) in [6.07, 6.45) is 1.89. The maximum absolute atomic E-state index is 5.49. The first-order valence-electron chi connectivity index (χ1n) is 7.70. The Hall–Kier alpha value is -1.81. The maximum Gasteiger partial charge on any atom is 0.144 e. The number of nitrogens with one attached hydrogen (secondary N) is 1. The van der Waals surface area contributed by atoms with Crippen molar-refractivity contribution >= 4 is 0 Å². The minimum atomic E-state index is 0.854. The third-order valence-corrected chi connectivity index (χ3v) is 3.71. The molecule has 1 N–H and O–H groups in total. The van der Waals surface area contributed by atoms with E-state index in [2.05, 4.69) is 32.2 Å². The molecule has 1 heterocycles. The number of methoxy groups -OCH3 is 1. The van der Waals surface area contributed by atoms with Gasteiger partial charge < -0.3 is 10.1 Å². The molecule has 0 fully saturated rings. The molecule has 0 aliphatic rings. The third kappa shape index (κ3) is 3.10. The number of hydrogen-bond donors (Lipinski definition) is 1. The van der Waals surface area contributed by atoms with Crippen LogP contribution >= 0.6 is 0 Å². The fourth-order valence-electron chi connectivity index (χ4n) is 2.64. The van der Waals surface area contributed by atoms with Crippen LogP contribution in [-0.4, -0.2) is 23.4 Å². The van der Waals surface area contributed by atoms with Gasteiger partial charge in [-0.3, -0.25) is 0 Å². The Balaban J connectivity index is 2.55. The predicted octanol–water partition coefficient (Wildman–Crippen LogP) is 3.12. The summed E-state index contributed by atoms with van der Waals surface area (Å²) >= 11 is 0. The zero-order valence-electron chi connectivity index (χ0n) is 13.4. The van der Waals surface area contributed by atoms with Crippen molar-refractivity contribution in [1.82, 2.24) is 15.1 Å². The van der Waals surface area contributed by atoms with Crippen molar-refractivity contribution in [1.29, 1.82) is 0 Å². The lowest BCUT2D eigenvalue weighted by Gasteiger charge is -2.11. The van der Waals surface area contributed by atoms with Gasteiger partial charge in [-0.1, -0.05) is 32.9 Å². The van der Waals surface area contributed by atoms with E-state index < -0.39 is 0 Å². The standard InChI is InChI=1S/C17H25N3O/c1-5-14-13(12-18-7-3)15(6-2)20(19-14)16-10-8-9-11-17(16)21-4/h8-11,18H,5-7,12H2,1-4H3. The van der Waals surface area contributed by atoms with E-state index >= 15 is 0 Å². The Morgan fingerprint density at radius 3 is 2.52 bits per heavy atom. The quantitative estimate of drug-likeness (QED) is 0.850. The highest BCUT2D eigenvalue weighted by molar-refractivity contribution is 5.48. The monoisotopic (exact) mass is 287 g/mol. The van der Waals surface area contributed by atoms with Gasteiger partial charge >= 0.3 is 0 Å². The summed E-state index contributed by atoms with van der Waals surface area (Å²) in [5.74, 6) is 0.854. The molecule has 0 saturated carbocycles. The second kappa shape index (κ2) is 7.27. The number of aromatic nitrogens is 2. The molecule has 1 aromatic carbocycles. The van der Waals surface area contributed by atoms with Gasteiger partial charge in [-0.25, -0.2) is 4.68 Å². The third-order valence-electron chi connectivity index (χ3n) is 3.71. The summed E-state index contributed by atoms with van der Waals surface area (Å²) in [6, 6.07) is 8.04. The van der Waals surface area contributed by atoms with E-state index in [0.717, 1.165) is 37.4 Å². The zero-order valence-corrected chi connectivity index (χ0v) is 13.4. The van der Waals surface area contributed by atoms with Gasteiger partial charge in [0.05, 0.1) is 12.8 Å². The summed E-state index contributed by atoms with van der Waals surface area (Å²) in [4.78, 5) is 0. The fraction of sp³-hybridized carbons (Fsp3) is 0.471. The van der Waals surface area contributed by atoms with Crippen molar-refractivity contribution in [3.63, 3.8) is 0 Å². The van der Waals surface area contributed by atoms with E-state index in [9.17, 15) is 0 Å². The average molecular weight is 287 g/mol. The first kappa shape index (κ1) is 15.6. The van der Waals surface area contributed by atoms with Crippen LogP contribution in [0.15, 0.2) is 24.3 Å². The second-order valence-electron chi connectivity index (χ2n) is 4.94. The zero-order chi connectivity index (χ0) is 15.2. The van der Waals surface area contributed by atoms with Crippen molar-refractivity contribution in [3.05, 3.63) is 41.2 Å². The number of hydrogen-bond acceptors (Lipinski definition) is 3. The van der Waals surface area contributed by atoms with Gasteiger partial charge in [0.15, 0.2) is 0 Å². The number of nitrogens with zero attached hydrogens (tertiary/aromatic N) is 2. The van der Waals surface area contributed by atoms with E-state index in [-0.39, 0.29) is 0 Å². The average Bonchev–Trinajstić information content (AvgIpc) is 2.90. The Morgan fingerprint density at radius 1 is 1.14 bits per heavy atom. The summed E-state index contributed by atoms with van der Waals surface area (Å²) in [7, 11) is 1.70. The van der Waals surface area contributed by atoms with E-state index in [1.807, 2.05) is 22.9 Å². The molecule has 0 saturated heterocycles. The first-order chi connectivity index (χ1) is 10.3. The van der Waals surface area contributed by atoms with Crippen molar-refractivity contribution in [3.8, 4) is 11.4 Å². The Morgan fingerprint density at radius 2 is 1.90 bits per heavy atom. The van der Waals surface area contributed by atoms with Crippen LogP contribution in [0.4, 0.5) is 0 Å². The minimum absolute atomic E-state index is 0.854. The molecule has 0 atom stereocenters. The van der Waals surface area contributed by atoms with E-state index in [1.54, 1.807) is 7.11 Å². The Bertz CT molecular complexity index is 590. The Labute approximate surface area is 127 Å². The molecule has 1 aromatic heterocycles. The highest BCUT2D eigenvalue weighted by atomic mass is 16.5. The SMILES string of the molecule is CCNCc1c(CC)nn(-c2ccccc2OC)c1CC. The number of benzene rings is 1. The molecule has 0 bridgehead atoms. The van der Waals surface area contributed by atoms with Crippen LogP contribution < -0.4 is 10.1 Å². The van der Waals surface area contributed by atoms with E-state index in [4.69, 9.17) is 9.84 Å². The van der Waals surface area contributed by atoms with Gasteiger partial charge in [-0.05, 0) is 31.5 Å². The molecular weight excluding hydrogens is 262 g/mol. The lowest BCUT2D eigenvalue weighted by atomic mass is 10.1. The van der Waals surface area contributed by atoms with Crippen molar-refractivity contribution in [2.24, 2.45) is 0 Å². The molecule has 0 aliphatic heterocycles. The van der Waals surface area contributed by atoms with Crippen molar-refractivity contribution in [2.45, 2.75) is 40.2 Å². The van der Waals surface area contributed by atoms with Gasteiger partial charge in [-0.15, -0.1) is 0 Å². The van der Waals surface area contributed by atoms with Crippen molar-refractivity contribution in [2.75, 3.05) is 13.7 Å². The van der Waals surface area contributed by atoms with Gasteiger partial charge in [0.1, 0.15) is 11.4 Å². The molecule has 2 rings (SSSR count). The number of ether oxygens (including phenoxy) is 1. The number of rotatable bonds is 7. The van der Waals surface area contributed by atoms with Crippen LogP contribution in [0.1, 0.15) is 37.7 Å². The van der Waals surface area contributed by atoms with Crippen molar-refractivity contribution < 1.29 is 4.74 Å². The number of aryl methyl sites for hydroxylation is 1. The Kier molecular flexibility index (Phi) is 5.39. The predicted molar refractivity (Wildman–Crippen MR) is 86.3 cm³/mol. The van der Waals surface area contributed by atoms with Gasteiger partial charge in [-0.2, -0.15) is 5.10 Å². The maximum atomic E-state index is 5.49. The summed E-state index contributed by atoms with van der Waals surface area (Å²) in [5.41, 5.74) is 4.76. The van der Waals surface area contributed by atoms with Crippen LogP contribution in [0, 0.1) is 0 Å². The topological polar surface area (TPSA) is 39.1 Å². The van der Waals surface area contributed by atoms with Crippen LogP contribution in [0.2, 0.25) is 0 Å². The second-order valence-corrected chi connectivity index (χ2v) is 4.94. The molecule has 4 nitrogen and oxygen atoms in total. The van der Waals surface area contributed by atoms with E-state index in [1.165, 1.54) is 17.0 Å². The van der Waals surface area contributed by atoms with Gasteiger partial charge in [0.2, 0.25) is 0 Å². The van der Waals surface area contributed by atoms with Crippen LogP contribution in [-0.2, 0) is 19.4 Å². The normalized spacial score (nSPS) is 10.9. The fourth-order valence-corrected chi connectivity index (χ4v) is 2.64. The molecule has 2 aromatic rings. The van der Waals surface area contributed by atoms with E-state index in [0.29, 0.717) is 0 Å². The highest BCUT2D eigenvalue weighted by Crippen LogP contribution is 2.26. The first-order valence-corrected chi connectivity index (χ1v) is 7.70. The van der Waals surface area contributed by atoms with Crippen LogP contribution in [0.3, 0.4) is 0 Å². The molecular formula is C17H25N3O. The summed E-state index contributed by atoms with van der Waals surface area (Å²) in [6.45, 7) is 8.30. The number of para-hydroxylation sites is 2. The molecule has 4 heteroatoms. The minimum Gasteiger partial charge on any atom is -0.494 e. The smallest absolute Gasteiger partial charge is 0.144 e. The lowest BCUT2D eigenvalue weighted by molar-refractivity contribution is 0.411. The molecule has 114 valence electrons. The van der Waals surface area contributed by atoms with Crippen LogP contribution in [0.5, 0.6) is 5.75 Å². The van der Waals surface area contributed by atoms with Crippen LogP contribution in [0.25, 0.3) is 5.69 Å². The molecule has 0 radical (unpaired) electrons. The summed E-state index contributed by atoms with van der Waals surface area (Å²) in [5, 5.41) is 8.25. The largest absolute Gasteiger partial charge is 0.494 e. The summed E-state index contributed by atoms with van der Waals surface area (Å²) < 4.78 is 7.53. The molecule has 21 heavy (non-hydrogen) atoms. The molecule has 0 amide bonds.